The van der Waals surface area contributed by atoms with Gasteiger partial charge in [-0.15, -0.1) is 0 Å². The summed E-state index contributed by atoms with van der Waals surface area (Å²) in [6, 6.07) is 3.79. The van der Waals surface area contributed by atoms with Crippen LogP contribution in [-0.4, -0.2) is 31.2 Å². The number of alkyl halides is 3. The predicted octanol–water partition coefficient (Wildman–Crippen LogP) is 4.06. The standard InChI is InChI=1S/C22H31F3N2O3S/c1-21(2,31(29,30)17-7-5-6-15(12-17)22(23,24)25)13-14-10-16(11-14)27-20(28)18-8-3-4-9-19(18)26/h5-7,12,14,16,18-19H,3-4,8-11,13,26H2,1-2H3,(H,27,28)/t14-,16+,18-,19+/m0/s1. The molecule has 0 heterocycles. The van der Waals surface area contributed by atoms with Gasteiger partial charge in [0.1, 0.15) is 0 Å². The van der Waals surface area contributed by atoms with Crippen molar-refractivity contribution < 1.29 is 26.4 Å². The predicted molar refractivity (Wildman–Crippen MR) is 112 cm³/mol. The number of nitrogens with one attached hydrogen (secondary N) is 1. The highest BCUT2D eigenvalue weighted by molar-refractivity contribution is 7.92. The number of hydrogen-bond acceptors (Lipinski definition) is 4. The maximum Gasteiger partial charge on any atom is 0.416 e. The Balaban J connectivity index is 1.58. The minimum Gasteiger partial charge on any atom is -0.353 e. The Labute approximate surface area is 181 Å². The van der Waals surface area contributed by atoms with Gasteiger partial charge in [0.2, 0.25) is 5.91 Å². The summed E-state index contributed by atoms with van der Waals surface area (Å²) in [6.45, 7) is 3.10. The van der Waals surface area contributed by atoms with Crippen molar-refractivity contribution in [3.05, 3.63) is 29.8 Å². The van der Waals surface area contributed by atoms with Crippen LogP contribution in [0.4, 0.5) is 13.2 Å². The molecule has 3 rings (SSSR count). The Morgan fingerprint density at radius 1 is 1.16 bits per heavy atom. The lowest BCUT2D eigenvalue weighted by atomic mass is 9.75. The lowest BCUT2D eigenvalue weighted by Gasteiger charge is -2.41. The first-order valence-electron chi connectivity index (χ1n) is 10.8. The maximum absolute atomic E-state index is 13.1. The third-order valence-electron chi connectivity index (χ3n) is 6.72. The van der Waals surface area contributed by atoms with E-state index in [-0.39, 0.29) is 34.7 Å². The van der Waals surface area contributed by atoms with Gasteiger partial charge in [-0.1, -0.05) is 18.9 Å². The van der Waals surface area contributed by atoms with Crippen LogP contribution in [0.25, 0.3) is 0 Å². The summed E-state index contributed by atoms with van der Waals surface area (Å²) in [5, 5.41) is 3.03. The fraction of sp³-hybridized carbons (Fsp3) is 0.682. The van der Waals surface area contributed by atoms with Crippen LogP contribution in [0.1, 0.15) is 64.4 Å². The van der Waals surface area contributed by atoms with Gasteiger partial charge < -0.3 is 11.1 Å². The summed E-state index contributed by atoms with van der Waals surface area (Å²) in [5.41, 5.74) is 5.09. The summed E-state index contributed by atoms with van der Waals surface area (Å²) in [6.07, 6.45) is 0.742. The molecule has 0 bridgehead atoms. The molecule has 2 atom stereocenters. The van der Waals surface area contributed by atoms with Crippen molar-refractivity contribution in [3.63, 3.8) is 0 Å². The molecule has 0 aromatic heterocycles. The molecule has 2 fully saturated rings. The van der Waals surface area contributed by atoms with Crippen molar-refractivity contribution in [2.75, 3.05) is 0 Å². The van der Waals surface area contributed by atoms with Crippen LogP contribution in [0.2, 0.25) is 0 Å². The van der Waals surface area contributed by atoms with E-state index in [1.807, 2.05) is 0 Å². The zero-order valence-electron chi connectivity index (χ0n) is 17.9. The van der Waals surface area contributed by atoms with E-state index >= 15 is 0 Å². The molecule has 1 aromatic rings. The molecule has 31 heavy (non-hydrogen) atoms. The van der Waals surface area contributed by atoms with Gasteiger partial charge in [-0.3, -0.25) is 4.79 Å². The fourth-order valence-electron chi connectivity index (χ4n) is 4.78. The van der Waals surface area contributed by atoms with Crippen LogP contribution in [0, 0.1) is 11.8 Å². The number of carbonyl (C=O) groups is 1. The molecule has 0 spiro atoms. The van der Waals surface area contributed by atoms with Gasteiger partial charge in [0.25, 0.3) is 0 Å². The number of benzene rings is 1. The molecule has 9 heteroatoms. The van der Waals surface area contributed by atoms with Crippen molar-refractivity contribution in [1.82, 2.24) is 5.32 Å². The third kappa shape index (κ3) is 5.25. The van der Waals surface area contributed by atoms with Gasteiger partial charge in [0, 0.05) is 12.1 Å². The van der Waals surface area contributed by atoms with Crippen LogP contribution in [0.15, 0.2) is 29.2 Å². The molecule has 1 aromatic carbocycles. The molecule has 2 aliphatic rings. The highest BCUT2D eigenvalue weighted by atomic mass is 32.2. The van der Waals surface area contributed by atoms with E-state index < -0.39 is 26.3 Å². The summed E-state index contributed by atoms with van der Waals surface area (Å²) in [5.74, 6) is -0.0991. The van der Waals surface area contributed by atoms with Crippen molar-refractivity contribution in [2.24, 2.45) is 17.6 Å². The van der Waals surface area contributed by atoms with E-state index in [1.165, 1.54) is 6.07 Å². The number of hydrogen-bond donors (Lipinski definition) is 2. The summed E-state index contributed by atoms with van der Waals surface area (Å²) >= 11 is 0. The van der Waals surface area contributed by atoms with E-state index in [2.05, 4.69) is 5.32 Å². The number of halogens is 3. The second-order valence-corrected chi connectivity index (χ2v) is 12.2. The molecule has 0 radical (unpaired) electrons. The van der Waals surface area contributed by atoms with Crippen LogP contribution in [0.5, 0.6) is 0 Å². The molecule has 0 unspecified atom stereocenters. The van der Waals surface area contributed by atoms with Crippen molar-refractivity contribution in [2.45, 2.75) is 86.7 Å². The molecule has 0 saturated heterocycles. The van der Waals surface area contributed by atoms with Crippen LogP contribution in [0.3, 0.4) is 0 Å². The zero-order chi connectivity index (χ0) is 23.0. The molecular weight excluding hydrogens is 429 g/mol. The maximum atomic E-state index is 13.1. The Morgan fingerprint density at radius 2 is 1.81 bits per heavy atom. The quantitative estimate of drug-likeness (QED) is 0.670. The number of rotatable bonds is 6. The normalized spacial score (nSPS) is 27.4. The van der Waals surface area contributed by atoms with Gasteiger partial charge >= 0.3 is 6.18 Å². The molecular formula is C22H31F3N2O3S. The van der Waals surface area contributed by atoms with E-state index in [1.54, 1.807) is 13.8 Å². The highest BCUT2D eigenvalue weighted by Gasteiger charge is 2.43. The van der Waals surface area contributed by atoms with Crippen molar-refractivity contribution in [3.8, 4) is 0 Å². The first kappa shape index (κ1) is 24.0. The van der Waals surface area contributed by atoms with E-state index in [0.29, 0.717) is 25.3 Å². The second-order valence-electron chi connectivity index (χ2n) is 9.59. The monoisotopic (exact) mass is 460 g/mol. The van der Waals surface area contributed by atoms with E-state index in [4.69, 9.17) is 5.73 Å². The van der Waals surface area contributed by atoms with Crippen molar-refractivity contribution >= 4 is 15.7 Å². The Morgan fingerprint density at radius 3 is 2.42 bits per heavy atom. The van der Waals surface area contributed by atoms with Gasteiger partial charge in [0.15, 0.2) is 9.84 Å². The van der Waals surface area contributed by atoms with Gasteiger partial charge in [0.05, 0.1) is 21.1 Å². The number of amides is 1. The topological polar surface area (TPSA) is 89.3 Å². The van der Waals surface area contributed by atoms with E-state index in [9.17, 15) is 26.4 Å². The summed E-state index contributed by atoms with van der Waals surface area (Å²) < 4.78 is 63.9. The zero-order valence-corrected chi connectivity index (χ0v) is 18.7. The van der Waals surface area contributed by atoms with E-state index in [0.717, 1.165) is 37.8 Å². The van der Waals surface area contributed by atoms with Crippen molar-refractivity contribution in [1.29, 1.82) is 0 Å². The van der Waals surface area contributed by atoms with Gasteiger partial charge in [-0.25, -0.2) is 8.42 Å². The molecule has 1 amide bonds. The Bertz CT molecular complexity index is 909. The SMILES string of the molecule is CC(C)(C[C@H]1C[C@@H](NC(=O)[C@H]2CCCC[C@H]2N)C1)S(=O)(=O)c1cccc(C(F)(F)F)c1. The van der Waals surface area contributed by atoms with Gasteiger partial charge in [-0.2, -0.15) is 13.2 Å². The van der Waals surface area contributed by atoms with Gasteiger partial charge in [-0.05, 0) is 70.1 Å². The first-order chi connectivity index (χ1) is 14.3. The number of nitrogens with two attached hydrogens (primary N) is 1. The first-order valence-corrected chi connectivity index (χ1v) is 12.3. The van der Waals surface area contributed by atoms with Crippen LogP contribution >= 0.6 is 0 Å². The molecule has 0 aliphatic heterocycles. The minimum atomic E-state index is -4.60. The largest absolute Gasteiger partial charge is 0.416 e. The van der Waals surface area contributed by atoms with Crippen LogP contribution < -0.4 is 11.1 Å². The lowest BCUT2D eigenvalue weighted by Crippen LogP contribution is -2.51. The Hall–Kier alpha value is -1.61. The van der Waals surface area contributed by atoms with Crippen LogP contribution in [-0.2, 0) is 20.8 Å². The average molecular weight is 461 g/mol. The number of carbonyl (C=O) groups excluding carboxylic acids is 1. The lowest BCUT2D eigenvalue weighted by molar-refractivity contribution is -0.137. The smallest absolute Gasteiger partial charge is 0.353 e. The minimum absolute atomic E-state index is 0.00121. The summed E-state index contributed by atoms with van der Waals surface area (Å²) in [7, 11) is -3.96. The molecule has 2 aliphatic carbocycles. The third-order valence-corrected chi connectivity index (χ3v) is 9.21. The molecule has 174 valence electrons. The highest BCUT2D eigenvalue weighted by Crippen LogP contribution is 2.40. The molecule has 3 N–H and O–H groups in total. The molecule has 5 nitrogen and oxygen atoms in total. The summed E-state index contributed by atoms with van der Waals surface area (Å²) in [4.78, 5) is 12.2. The molecule has 2 saturated carbocycles. The average Bonchev–Trinajstić information content (AvgIpc) is 2.65. The number of sulfone groups is 1. The fourth-order valence-corrected chi connectivity index (χ4v) is 6.41. The Kier molecular flexibility index (Phi) is 6.77. The second kappa shape index (κ2) is 8.73.